The highest BCUT2D eigenvalue weighted by molar-refractivity contribution is 14.2. The Bertz CT molecular complexity index is 3660. The van der Waals surface area contributed by atoms with Crippen LogP contribution < -0.4 is 9.80 Å². The van der Waals surface area contributed by atoms with Gasteiger partial charge in [0, 0.05) is 60.0 Å². The summed E-state index contributed by atoms with van der Waals surface area (Å²) in [6.07, 6.45) is 4.38. The lowest BCUT2D eigenvalue weighted by Gasteiger charge is -2.26. The summed E-state index contributed by atoms with van der Waals surface area (Å²) in [6.45, 7) is 6.50. The minimum atomic E-state index is -0.521. The monoisotopic (exact) mass is 1080 g/mol. The largest absolute Gasteiger partial charge is 0.311 e. The molecule has 10 aromatic rings. The minimum Gasteiger partial charge on any atom is -0.311 e. The molecule has 75 heavy (non-hydrogen) atoms. The number of benzene rings is 10. The van der Waals surface area contributed by atoms with Gasteiger partial charge >= 0.3 is 0 Å². The Balaban J connectivity index is 0.867. The van der Waals surface area contributed by atoms with Gasteiger partial charge in [0.15, 0.2) is 0 Å². The maximum Gasteiger partial charge on any atom is 0.104 e. The molecule has 0 amide bonds. The van der Waals surface area contributed by atoms with Gasteiger partial charge < -0.3 is 9.80 Å². The maximum atomic E-state index is 5.21. The van der Waals surface area contributed by atoms with Crippen molar-refractivity contribution in [2.75, 3.05) is 9.80 Å². The van der Waals surface area contributed by atoms with E-state index in [2.05, 4.69) is 278 Å². The third-order valence-corrected chi connectivity index (χ3v) is 16.0. The zero-order chi connectivity index (χ0) is 50.8. The topological polar surface area (TPSA) is 31.2 Å². The highest BCUT2D eigenvalue weighted by Gasteiger charge is 2.18. The summed E-state index contributed by atoms with van der Waals surface area (Å²) in [5.41, 5.74) is 19.1. The average Bonchev–Trinajstić information content (AvgIpc) is 3.49. The minimum absolute atomic E-state index is 0.521. The number of halogens is 1. The van der Waals surface area contributed by atoms with Crippen molar-refractivity contribution < 1.29 is 0 Å². The molecule has 4 nitrogen and oxygen atoms in total. The third-order valence-electron chi connectivity index (χ3n) is 13.1. The van der Waals surface area contributed by atoms with Crippen molar-refractivity contribution in [3.63, 3.8) is 0 Å². The van der Waals surface area contributed by atoms with E-state index in [9.17, 15) is 0 Å². The summed E-state index contributed by atoms with van der Waals surface area (Å²) in [6, 6.07) is 98.4. The molecule has 0 bridgehead atoms. The maximum absolute atomic E-state index is 5.21. The van der Waals surface area contributed by atoms with Crippen LogP contribution in [0.1, 0.15) is 40.3 Å². The number of nitrogens with zero attached hydrogens (tertiary/aromatic N) is 4. The molecule has 0 aliphatic carbocycles. The first-order valence-electron chi connectivity index (χ1n) is 25.1. The Morgan fingerprint density at radius 2 is 0.760 bits per heavy atom. The fourth-order valence-electron chi connectivity index (χ4n) is 9.20. The Labute approximate surface area is 450 Å². The quantitative estimate of drug-likeness (QED) is 0.0582. The fourth-order valence-corrected chi connectivity index (χ4v) is 11.9. The van der Waals surface area contributed by atoms with Gasteiger partial charge in [-0.25, -0.2) is 4.99 Å². The van der Waals surface area contributed by atoms with Crippen LogP contribution in [0.25, 0.3) is 28.1 Å². The van der Waals surface area contributed by atoms with Crippen LogP contribution in [-0.4, -0.2) is 12.9 Å². The number of anilines is 6. The Morgan fingerprint density at radius 1 is 0.387 bits per heavy atom. The smallest absolute Gasteiger partial charge is 0.104 e. The SMILES string of the molecule is C=C(/C=C(\N=C(C)c1ccccc1)c1ccc(N(c2ccccc2)c2ccc(-c3ccc(N(c4ccccc4)c4ccc(C5=IC(c6ccccc6)=NC(c6ccccc6)=C5)cc4)cc3)cc2)cc1)c1ccccc1. The van der Waals surface area contributed by atoms with Crippen LogP contribution in [0, 0.1) is 0 Å². The van der Waals surface area contributed by atoms with Crippen molar-refractivity contribution in [3.8, 4) is 11.1 Å². The van der Waals surface area contributed by atoms with Crippen LogP contribution in [0.2, 0.25) is 0 Å². The molecule has 11 rings (SSSR count). The Hall–Kier alpha value is -9.04. The molecule has 0 aromatic heterocycles. The lowest BCUT2D eigenvalue weighted by molar-refractivity contribution is 1.28. The molecule has 0 N–H and O–H groups in total. The fraction of sp³-hybridized carbons (Fsp3) is 0.0143. The number of rotatable bonds is 15. The highest BCUT2D eigenvalue weighted by Crippen LogP contribution is 2.39. The summed E-state index contributed by atoms with van der Waals surface area (Å²) >= 11 is -0.521. The Kier molecular flexibility index (Phi) is 14.7. The molecule has 1 heterocycles. The van der Waals surface area contributed by atoms with E-state index in [0.29, 0.717) is 0 Å². The summed E-state index contributed by atoms with van der Waals surface area (Å²) in [5, 5.41) is 0. The average molecular weight is 1080 g/mol. The van der Waals surface area contributed by atoms with Crippen LogP contribution in [-0.2, 0) is 0 Å². The van der Waals surface area contributed by atoms with Gasteiger partial charge in [-0.2, -0.15) is 0 Å². The molecular formula is C70H53IN4. The van der Waals surface area contributed by atoms with Gasteiger partial charge in [-0.1, -0.05) is 234 Å². The van der Waals surface area contributed by atoms with Crippen molar-refractivity contribution in [2.24, 2.45) is 9.98 Å². The summed E-state index contributed by atoms with van der Waals surface area (Å²) in [7, 11) is 0. The highest BCUT2D eigenvalue weighted by atomic mass is 127. The van der Waals surface area contributed by atoms with Gasteiger partial charge in [-0.05, 0) is 125 Å². The molecule has 1 aliphatic rings. The first-order chi connectivity index (χ1) is 37.0. The molecule has 1 aliphatic heterocycles. The molecule has 5 heteroatoms. The van der Waals surface area contributed by atoms with E-state index in [0.717, 1.165) is 90.2 Å². The first kappa shape index (κ1) is 48.2. The molecule has 0 atom stereocenters. The van der Waals surface area contributed by atoms with Crippen molar-refractivity contribution in [1.29, 1.82) is 0 Å². The molecule has 0 unspecified atom stereocenters. The lowest BCUT2D eigenvalue weighted by atomic mass is 10.0. The molecule has 0 spiro atoms. The number of aliphatic imine (C=N–C) groups is 2. The van der Waals surface area contributed by atoms with Gasteiger partial charge in [0.2, 0.25) is 0 Å². The molecule has 360 valence electrons. The second-order valence-electron chi connectivity index (χ2n) is 18.1. The van der Waals surface area contributed by atoms with E-state index in [1.54, 1.807) is 0 Å². The van der Waals surface area contributed by atoms with Gasteiger partial charge in [0.1, 0.15) is 3.72 Å². The zero-order valence-corrected chi connectivity index (χ0v) is 43.7. The predicted octanol–water partition coefficient (Wildman–Crippen LogP) is 18.8. The second kappa shape index (κ2) is 22.8. The number of allylic oxidation sites excluding steroid dienone is 3. The normalized spacial score (nSPS) is 12.6. The Morgan fingerprint density at radius 3 is 1.23 bits per heavy atom. The van der Waals surface area contributed by atoms with E-state index in [-0.39, 0.29) is 0 Å². The van der Waals surface area contributed by atoms with Crippen LogP contribution in [0.5, 0.6) is 0 Å². The van der Waals surface area contributed by atoms with E-state index in [1.807, 2.05) is 36.4 Å². The number of para-hydroxylation sites is 2. The zero-order valence-electron chi connectivity index (χ0n) is 41.6. The summed E-state index contributed by atoms with van der Waals surface area (Å²) in [4.78, 5) is 15.0. The molecule has 0 saturated carbocycles. The van der Waals surface area contributed by atoms with Crippen LogP contribution in [0.15, 0.2) is 308 Å². The third kappa shape index (κ3) is 11.3. The van der Waals surface area contributed by atoms with E-state index in [1.165, 1.54) is 18.4 Å². The number of hydrogen-bond acceptors (Lipinski definition) is 4. The van der Waals surface area contributed by atoms with Crippen molar-refractivity contribution >= 4 is 84.8 Å². The molecule has 0 radical (unpaired) electrons. The molecule has 10 aromatic carbocycles. The van der Waals surface area contributed by atoms with Gasteiger partial charge in [0.25, 0.3) is 0 Å². The molecule has 0 fully saturated rings. The summed E-state index contributed by atoms with van der Waals surface area (Å²) in [5.74, 6) is 0. The van der Waals surface area contributed by atoms with E-state index >= 15 is 0 Å². The summed E-state index contributed by atoms with van der Waals surface area (Å²) < 4.78 is 2.53. The predicted molar refractivity (Wildman–Crippen MR) is 329 cm³/mol. The molecule has 0 saturated heterocycles. The van der Waals surface area contributed by atoms with Gasteiger partial charge in [-0.15, -0.1) is 0 Å². The van der Waals surface area contributed by atoms with Crippen LogP contribution in [0.4, 0.5) is 34.1 Å². The standard InChI is InChI=1S/C70H53IN4/c1-51(53-21-9-3-10-22-53)49-68(72-52(2)54-23-11-4-12-24-54)59-39-47-66(48-40-59)75(62-31-19-8-20-32-62)64-43-35-56(36-44-64)55-33-41-63(42-34-55)74(61-29-17-7-18-30-61)65-45-37-57(38-46-65)67-50-69(58-25-13-5-14-26-58)73-70(71-67)60-27-15-6-16-28-60/h3-50H,1H2,2H3/b68-49-,72-52?. The van der Waals surface area contributed by atoms with Gasteiger partial charge in [-0.3, -0.25) is 4.99 Å². The van der Waals surface area contributed by atoms with E-state index < -0.39 is 20.7 Å². The van der Waals surface area contributed by atoms with Crippen LogP contribution in [0.3, 0.4) is 0 Å². The van der Waals surface area contributed by atoms with Crippen LogP contribution >= 0.6 is 20.7 Å². The van der Waals surface area contributed by atoms with Gasteiger partial charge in [0.05, 0.1) is 11.4 Å². The van der Waals surface area contributed by atoms with E-state index in [4.69, 9.17) is 9.98 Å². The molecular weight excluding hydrogens is 1020 g/mol. The van der Waals surface area contributed by atoms with Crippen molar-refractivity contribution in [3.05, 3.63) is 331 Å². The number of hydrogen-bond donors (Lipinski definition) is 0. The van der Waals surface area contributed by atoms with Crippen molar-refractivity contribution in [1.82, 2.24) is 0 Å². The van der Waals surface area contributed by atoms with Crippen molar-refractivity contribution in [2.45, 2.75) is 6.92 Å². The first-order valence-corrected chi connectivity index (χ1v) is 27.3. The second-order valence-corrected chi connectivity index (χ2v) is 20.8. The lowest BCUT2D eigenvalue weighted by Crippen LogP contribution is -2.10.